The van der Waals surface area contributed by atoms with Gasteiger partial charge in [0.15, 0.2) is 6.17 Å². The quantitative estimate of drug-likeness (QED) is 0.370. The number of alkyl halides is 1. The molecule has 3 atom stereocenters. The first-order chi connectivity index (χ1) is 12.1. The summed E-state index contributed by atoms with van der Waals surface area (Å²) in [5.74, 6) is -0.590. The highest BCUT2D eigenvalue weighted by Crippen LogP contribution is 2.41. The summed E-state index contributed by atoms with van der Waals surface area (Å²) in [7, 11) is -2.61. The number of rotatable bonds is 8. The van der Waals surface area contributed by atoms with Gasteiger partial charge in [0.25, 0.3) is 0 Å². The van der Waals surface area contributed by atoms with Gasteiger partial charge >= 0.3 is 20.1 Å². The Morgan fingerprint density at radius 1 is 1.23 bits per heavy atom. The van der Waals surface area contributed by atoms with Gasteiger partial charge in [-0.25, -0.2) is 9.18 Å². The van der Waals surface area contributed by atoms with E-state index < -0.39 is 44.1 Å². The van der Waals surface area contributed by atoms with E-state index in [0.717, 1.165) is 32.1 Å². The largest absolute Gasteiger partial charge is 0.512 e. The zero-order valence-corrected chi connectivity index (χ0v) is 16.6. The molecule has 0 aliphatic heterocycles. The second-order valence-electron chi connectivity index (χ2n) is 7.65. The fourth-order valence-electron chi connectivity index (χ4n) is 2.98. The second-order valence-corrected chi connectivity index (χ2v) is 8.86. The zero-order valence-electron chi connectivity index (χ0n) is 15.7. The van der Waals surface area contributed by atoms with Crippen molar-refractivity contribution in [3.63, 3.8) is 0 Å². The molecule has 0 aromatic rings. The maximum Gasteiger partial charge on any atom is 0.512 e. The molecule has 150 valence electrons. The molecule has 0 radical (unpaired) electrons. The molecule has 1 aliphatic rings. The van der Waals surface area contributed by atoms with Crippen LogP contribution in [0.3, 0.4) is 0 Å². The van der Waals surface area contributed by atoms with E-state index in [4.69, 9.17) is 9.47 Å². The van der Waals surface area contributed by atoms with Crippen LogP contribution in [0.5, 0.6) is 0 Å². The van der Waals surface area contributed by atoms with Crippen LogP contribution in [0.2, 0.25) is 0 Å². The number of esters is 1. The van der Waals surface area contributed by atoms with Crippen molar-refractivity contribution >= 4 is 20.1 Å². The Balaban J connectivity index is 2.30. The SMILES string of the molecule is CC(C)(C)C(=O)OCOC(=O)NCC[C@@H](F)[C@@H](C1CCCCC1)[P+](=O)O. The molecule has 1 rings (SSSR count). The summed E-state index contributed by atoms with van der Waals surface area (Å²) in [6, 6.07) is 0. The number of hydrogen-bond acceptors (Lipinski definition) is 5. The Hall–Kier alpha value is -1.27. The van der Waals surface area contributed by atoms with E-state index in [2.05, 4.69) is 5.32 Å². The average Bonchev–Trinajstić information content (AvgIpc) is 2.54. The van der Waals surface area contributed by atoms with E-state index in [1.54, 1.807) is 20.8 Å². The van der Waals surface area contributed by atoms with Crippen LogP contribution in [0, 0.1) is 11.3 Å². The summed E-state index contributed by atoms with van der Waals surface area (Å²) in [6.07, 6.45) is 2.15. The van der Waals surface area contributed by atoms with Crippen molar-refractivity contribution in [1.82, 2.24) is 5.32 Å². The number of carbonyl (C=O) groups is 2. The van der Waals surface area contributed by atoms with Crippen molar-refractivity contribution in [2.45, 2.75) is 71.1 Å². The van der Waals surface area contributed by atoms with Crippen LogP contribution in [0.4, 0.5) is 9.18 Å². The van der Waals surface area contributed by atoms with Gasteiger partial charge in [0.1, 0.15) is 0 Å². The maximum absolute atomic E-state index is 14.4. The minimum absolute atomic E-state index is 0.0282. The van der Waals surface area contributed by atoms with E-state index in [1.165, 1.54) is 0 Å². The Morgan fingerprint density at radius 2 is 1.85 bits per heavy atom. The van der Waals surface area contributed by atoms with Crippen LogP contribution in [0.1, 0.15) is 59.3 Å². The molecule has 0 aromatic carbocycles. The molecule has 0 spiro atoms. The maximum atomic E-state index is 14.4. The van der Waals surface area contributed by atoms with Crippen LogP contribution in [-0.4, -0.2) is 42.1 Å². The minimum atomic E-state index is -2.61. The number of halogens is 1. The predicted molar refractivity (Wildman–Crippen MR) is 94.6 cm³/mol. The van der Waals surface area contributed by atoms with Gasteiger partial charge < -0.3 is 14.8 Å². The predicted octanol–water partition coefficient (Wildman–Crippen LogP) is 3.67. The Kier molecular flexibility index (Phi) is 9.44. The van der Waals surface area contributed by atoms with Gasteiger partial charge in [-0.3, -0.25) is 4.79 Å². The number of hydrogen-bond donors (Lipinski definition) is 2. The molecular formula is C17H30FNO6P+. The van der Waals surface area contributed by atoms with Crippen LogP contribution < -0.4 is 5.32 Å². The van der Waals surface area contributed by atoms with Crippen LogP contribution in [0.15, 0.2) is 0 Å². The second kappa shape index (κ2) is 10.8. The number of carbonyl (C=O) groups excluding carboxylic acids is 2. The molecule has 9 heteroatoms. The molecule has 1 fully saturated rings. The lowest BCUT2D eigenvalue weighted by atomic mass is 9.85. The highest BCUT2D eigenvalue weighted by atomic mass is 31.1. The molecule has 1 aliphatic carbocycles. The summed E-state index contributed by atoms with van der Waals surface area (Å²) in [4.78, 5) is 32.5. The molecule has 0 aromatic heterocycles. The van der Waals surface area contributed by atoms with Gasteiger partial charge in [-0.05, 0) is 38.2 Å². The summed E-state index contributed by atoms with van der Waals surface area (Å²) >= 11 is 0. The third-order valence-electron chi connectivity index (χ3n) is 4.44. The van der Waals surface area contributed by atoms with Crippen LogP contribution in [-0.2, 0) is 18.8 Å². The average molecular weight is 394 g/mol. The van der Waals surface area contributed by atoms with Crippen molar-refractivity contribution in [3.05, 3.63) is 0 Å². The highest BCUT2D eigenvalue weighted by molar-refractivity contribution is 7.39. The van der Waals surface area contributed by atoms with Crippen LogP contribution in [0.25, 0.3) is 0 Å². The first kappa shape index (κ1) is 22.8. The van der Waals surface area contributed by atoms with Crippen molar-refractivity contribution in [2.75, 3.05) is 13.3 Å². The van der Waals surface area contributed by atoms with E-state index in [1.807, 2.05) is 0 Å². The van der Waals surface area contributed by atoms with Gasteiger partial charge in [-0.1, -0.05) is 19.3 Å². The topological polar surface area (TPSA) is 102 Å². The Bertz CT molecular complexity index is 490. The van der Waals surface area contributed by atoms with Crippen molar-refractivity contribution < 1.29 is 32.9 Å². The van der Waals surface area contributed by atoms with Gasteiger partial charge in [0.2, 0.25) is 12.5 Å². The molecule has 0 heterocycles. The Labute approximate surface area is 154 Å². The smallest absolute Gasteiger partial charge is 0.427 e. The van der Waals surface area contributed by atoms with E-state index in [-0.39, 0.29) is 18.9 Å². The first-order valence-electron chi connectivity index (χ1n) is 9.00. The summed E-state index contributed by atoms with van der Waals surface area (Å²) < 4.78 is 35.5. The Morgan fingerprint density at radius 3 is 2.38 bits per heavy atom. The van der Waals surface area contributed by atoms with Crippen LogP contribution >= 0.6 is 8.03 Å². The number of ether oxygens (including phenoxy) is 2. The first-order valence-corrected chi connectivity index (χ1v) is 10.3. The summed E-state index contributed by atoms with van der Waals surface area (Å²) in [5, 5.41) is 2.35. The van der Waals surface area contributed by atoms with E-state index in [9.17, 15) is 23.4 Å². The van der Waals surface area contributed by atoms with E-state index >= 15 is 0 Å². The van der Waals surface area contributed by atoms with Gasteiger partial charge in [-0.15, -0.1) is 0 Å². The number of amides is 1. The lowest BCUT2D eigenvalue weighted by Crippen LogP contribution is -2.34. The summed E-state index contributed by atoms with van der Waals surface area (Å²) in [6.45, 7) is 4.47. The summed E-state index contributed by atoms with van der Waals surface area (Å²) in [5.41, 5.74) is -1.59. The highest BCUT2D eigenvalue weighted by Gasteiger charge is 2.44. The van der Waals surface area contributed by atoms with Crippen molar-refractivity contribution in [1.29, 1.82) is 0 Å². The molecule has 1 saturated carbocycles. The fourth-order valence-corrected chi connectivity index (χ4v) is 4.06. The van der Waals surface area contributed by atoms with E-state index in [0.29, 0.717) is 0 Å². The fraction of sp³-hybridized carbons (Fsp3) is 0.882. The molecule has 7 nitrogen and oxygen atoms in total. The lowest BCUT2D eigenvalue weighted by molar-refractivity contribution is -0.161. The molecule has 0 saturated heterocycles. The monoisotopic (exact) mass is 394 g/mol. The zero-order chi connectivity index (χ0) is 19.7. The number of nitrogens with one attached hydrogen (secondary N) is 1. The molecule has 26 heavy (non-hydrogen) atoms. The van der Waals surface area contributed by atoms with Gasteiger partial charge in [0.05, 0.1) is 5.41 Å². The van der Waals surface area contributed by atoms with Gasteiger partial charge in [0, 0.05) is 18.9 Å². The molecule has 1 unspecified atom stereocenters. The van der Waals surface area contributed by atoms with Crippen molar-refractivity contribution in [3.8, 4) is 0 Å². The number of alkyl carbamates (subject to hydrolysis) is 1. The minimum Gasteiger partial charge on any atom is -0.427 e. The van der Waals surface area contributed by atoms with Crippen molar-refractivity contribution in [2.24, 2.45) is 11.3 Å². The third kappa shape index (κ3) is 7.96. The van der Waals surface area contributed by atoms with Gasteiger partial charge in [-0.2, -0.15) is 4.89 Å². The molecular weight excluding hydrogens is 364 g/mol. The molecule has 0 bridgehead atoms. The molecule has 1 amide bonds. The lowest BCUT2D eigenvalue weighted by Gasteiger charge is -2.24. The standard InChI is InChI=1S/C17H29FNO6P/c1-17(2,3)15(20)24-11-25-16(21)19-10-9-13(18)14(26(22)23)12-7-5-4-6-8-12/h12-14H,4-11H2,1-3H3,(H-,19,21,22,23)/p+1/t13-,14-/m1/s1. The molecule has 2 N–H and O–H groups in total. The third-order valence-corrected chi connectivity index (χ3v) is 5.70. The normalized spacial score (nSPS) is 18.6.